The van der Waals surface area contributed by atoms with Crippen molar-refractivity contribution < 1.29 is 14.3 Å². The number of carbonyl (C=O) groups is 2. The number of H-pyrrole nitrogens is 1. The van der Waals surface area contributed by atoms with Crippen LogP contribution >= 0.6 is 0 Å². The van der Waals surface area contributed by atoms with E-state index in [4.69, 9.17) is 4.74 Å². The van der Waals surface area contributed by atoms with Crippen molar-refractivity contribution >= 4 is 22.8 Å². The second-order valence-electron chi connectivity index (χ2n) is 8.53. The zero-order chi connectivity index (χ0) is 20.2. The summed E-state index contributed by atoms with van der Waals surface area (Å²) in [5, 5.41) is 1.19. The average Bonchev–Trinajstić information content (AvgIpc) is 3.14. The molecule has 1 N–H and O–H groups in total. The third-order valence-corrected chi connectivity index (χ3v) is 6.72. The number of aromatic amines is 1. The molecule has 0 saturated carbocycles. The van der Waals surface area contributed by atoms with Gasteiger partial charge in [0.2, 0.25) is 5.91 Å². The van der Waals surface area contributed by atoms with Crippen molar-refractivity contribution in [3.63, 3.8) is 0 Å². The Bertz CT molecular complexity index is 932. The zero-order valence-electron chi connectivity index (χ0n) is 17.3. The van der Waals surface area contributed by atoms with Crippen LogP contribution in [0.5, 0.6) is 0 Å². The fourth-order valence-electron chi connectivity index (χ4n) is 4.99. The Labute approximate surface area is 165 Å². The average molecular weight is 383 g/mol. The van der Waals surface area contributed by atoms with E-state index in [1.165, 1.54) is 23.8 Å². The van der Waals surface area contributed by atoms with Gasteiger partial charge in [0.1, 0.15) is 6.04 Å². The van der Waals surface area contributed by atoms with Gasteiger partial charge in [-0.3, -0.25) is 9.69 Å². The zero-order valence-corrected chi connectivity index (χ0v) is 17.3. The van der Waals surface area contributed by atoms with E-state index in [1.807, 2.05) is 39.8 Å². The standard InChI is InChI=1S/C22H29N3O3/c1-6-13(2)19(21(27)28-5)25-20(26)18-11-15-14-9-7-8-10-16(14)23-17(15)12-24(18)22(25,3)4/h7-10,13,18-19,23H,6,11-12H2,1-5H3/t13-,18-,19-/m0/s1. The number of benzene rings is 1. The number of aromatic nitrogens is 1. The van der Waals surface area contributed by atoms with Crippen LogP contribution in [0.4, 0.5) is 0 Å². The number of hydrogen-bond acceptors (Lipinski definition) is 4. The van der Waals surface area contributed by atoms with Crippen LogP contribution in [-0.2, 0) is 27.3 Å². The first-order valence-corrected chi connectivity index (χ1v) is 10.1. The van der Waals surface area contributed by atoms with Crippen molar-refractivity contribution in [1.82, 2.24) is 14.8 Å². The highest BCUT2D eigenvalue weighted by atomic mass is 16.5. The summed E-state index contributed by atoms with van der Waals surface area (Å²) in [5.41, 5.74) is 2.93. The van der Waals surface area contributed by atoms with Crippen LogP contribution < -0.4 is 0 Å². The minimum atomic E-state index is -0.571. The Morgan fingerprint density at radius 2 is 2.07 bits per heavy atom. The van der Waals surface area contributed by atoms with E-state index in [1.54, 1.807) is 4.90 Å². The normalized spacial score (nSPS) is 23.4. The Kier molecular flexibility index (Phi) is 4.49. The van der Waals surface area contributed by atoms with Crippen molar-refractivity contribution in [2.24, 2.45) is 5.92 Å². The number of methoxy groups -OCH3 is 1. The summed E-state index contributed by atoms with van der Waals surface area (Å²) in [5.74, 6) is -0.285. The third kappa shape index (κ3) is 2.58. The van der Waals surface area contributed by atoms with Crippen molar-refractivity contribution in [3.8, 4) is 0 Å². The highest BCUT2D eigenvalue weighted by Gasteiger charge is 2.57. The van der Waals surface area contributed by atoms with Gasteiger partial charge >= 0.3 is 5.97 Å². The van der Waals surface area contributed by atoms with Gasteiger partial charge in [0.15, 0.2) is 0 Å². The minimum absolute atomic E-state index is 0.0238. The molecule has 6 nitrogen and oxygen atoms in total. The number of amides is 1. The Morgan fingerprint density at radius 1 is 1.36 bits per heavy atom. The van der Waals surface area contributed by atoms with Crippen LogP contribution in [-0.4, -0.2) is 51.5 Å². The van der Waals surface area contributed by atoms with Crippen molar-refractivity contribution in [2.75, 3.05) is 7.11 Å². The predicted octanol–water partition coefficient (Wildman–Crippen LogP) is 3.06. The summed E-state index contributed by atoms with van der Waals surface area (Å²) < 4.78 is 5.09. The van der Waals surface area contributed by atoms with Crippen molar-refractivity contribution in [2.45, 2.75) is 64.8 Å². The second kappa shape index (κ2) is 6.62. The number of nitrogens with zero attached hydrogens (tertiary/aromatic N) is 2. The van der Waals surface area contributed by atoms with Crippen LogP contribution in [0.1, 0.15) is 45.4 Å². The molecular formula is C22H29N3O3. The van der Waals surface area contributed by atoms with Crippen LogP contribution in [0, 0.1) is 5.92 Å². The summed E-state index contributed by atoms with van der Waals surface area (Å²) in [6, 6.07) is 7.42. The van der Waals surface area contributed by atoms with Gasteiger partial charge < -0.3 is 14.6 Å². The molecular weight excluding hydrogens is 354 g/mol. The van der Waals surface area contributed by atoms with Gasteiger partial charge in [-0.1, -0.05) is 38.5 Å². The van der Waals surface area contributed by atoms with E-state index in [0.717, 1.165) is 11.9 Å². The van der Waals surface area contributed by atoms with Gasteiger partial charge in [0, 0.05) is 23.1 Å². The smallest absolute Gasteiger partial charge is 0.328 e. The van der Waals surface area contributed by atoms with E-state index in [9.17, 15) is 9.59 Å². The quantitative estimate of drug-likeness (QED) is 0.824. The number of nitrogens with one attached hydrogen (secondary N) is 1. The number of carbonyl (C=O) groups excluding carboxylic acids is 2. The number of fused-ring (bicyclic) bond motifs is 4. The van der Waals surface area contributed by atoms with Crippen LogP contribution in [0.15, 0.2) is 24.3 Å². The van der Waals surface area contributed by atoms with Gasteiger partial charge in [0.05, 0.1) is 18.8 Å². The first-order chi connectivity index (χ1) is 13.3. The largest absolute Gasteiger partial charge is 0.467 e. The van der Waals surface area contributed by atoms with Gasteiger partial charge in [0.25, 0.3) is 0 Å². The first kappa shape index (κ1) is 19.0. The summed E-state index contributed by atoms with van der Waals surface area (Å²) in [6.07, 6.45) is 1.46. The number of ether oxygens (including phenoxy) is 1. The molecule has 1 aromatic heterocycles. The number of para-hydroxylation sites is 1. The molecule has 0 spiro atoms. The molecule has 3 heterocycles. The van der Waals surface area contributed by atoms with Gasteiger partial charge in [-0.05, 0) is 37.8 Å². The Balaban J connectivity index is 1.75. The monoisotopic (exact) mass is 383 g/mol. The topological polar surface area (TPSA) is 65.6 Å². The molecule has 4 rings (SSSR count). The summed E-state index contributed by atoms with van der Waals surface area (Å²) >= 11 is 0. The van der Waals surface area contributed by atoms with Crippen LogP contribution in [0.3, 0.4) is 0 Å². The van der Waals surface area contributed by atoms with Crippen LogP contribution in [0.25, 0.3) is 10.9 Å². The van der Waals surface area contributed by atoms with E-state index < -0.39 is 11.7 Å². The van der Waals surface area contributed by atoms with Crippen LogP contribution in [0.2, 0.25) is 0 Å². The maximum atomic E-state index is 13.6. The molecule has 2 aliphatic heterocycles. The minimum Gasteiger partial charge on any atom is -0.467 e. The predicted molar refractivity (Wildman–Crippen MR) is 108 cm³/mol. The summed E-state index contributed by atoms with van der Waals surface area (Å²) in [4.78, 5) is 33.8. The highest BCUT2D eigenvalue weighted by Crippen LogP contribution is 2.42. The molecule has 0 aliphatic carbocycles. The Hall–Kier alpha value is -2.34. The van der Waals surface area contributed by atoms with Crippen molar-refractivity contribution in [3.05, 3.63) is 35.5 Å². The van der Waals surface area contributed by atoms with E-state index in [-0.39, 0.29) is 23.8 Å². The van der Waals surface area contributed by atoms with Gasteiger partial charge in [-0.2, -0.15) is 0 Å². The lowest BCUT2D eigenvalue weighted by Gasteiger charge is -2.43. The summed E-state index contributed by atoms with van der Waals surface area (Å²) in [7, 11) is 1.40. The Morgan fingerprint density at radius 3 is 2.75 bits per heavy atom. The van der Waals surface area contributed by atoms with Gasteiger partial charge in [-0.25, -0.2) is 4.79 Å². The molecule has 1 saturated heterocycles. The molecule has 1 aromatic carbocycles. The molecule has 0 unspecified atom stereocenters. The fourth-order valence-corrected chi connectivity index (χ4v) is 4.99. The number of esters is 1. The van der Waals surface area contributed by atoms with Gasteiger partial charge in [-0.15, -0.1) is 0 Å². The lowest BCUT2D eigenvalue weighted by atomic mass is 9.95. The molecule has 150 valence electrons. The lowest BCUT2D eigenvalue weighted by molar-refractivity contribution is -0.158. The highest BCUT2D eigenvalue weighted by molar-refractivity contribution is 5.92. The SMILES string of the molecule is CC[C@H](C)[C@@H](C(=O)OC)N1C(=O)[C@@H]2Cc3c([nH]c4ccccc34)CN2C1(C)C. The molecule has 0 bridgehead atoms. The van der Waals surface area contributed by atoms with E-state index in [0.29, 0.717) is 13.0 Å². The lowest BCUT2D eigenvalue weighted by Crippen LogP contribution is -2.58. The number of rotatable bonds is 4. The molecule has 3 atom stereocenters. The maximum Gasteiger partial charge on any atom is 0.328 e. The van der Waals surface area contributed by atoms with E-state index >= 15 is 0 Å². The van der Waals surface area contributed by atoms with Crippen molar-refractivity contribution in [1.29, 1.82) is 0 Å². The number of hydrogen-bond donors (Lipinski definition) is 1. The fraction of sp³-hybridized carbons (Fsp3) is 0.545. The molecule has 2 aliphatic rings. The molecule has 1 amide bonds. The first-order valence-electron chi connectivity index (χ1n) is 10.1. The maximum absolute atomic E-state index is 13.6. The molecule has 0 radical (unpaired) electrons. The third-order valence-electron chi connectivity index (χ3n) is 6.72. The molecule has 28 heavy (non-hydrogen) atoms. The molecule has 6 heteroatoms. The summed E-state index contributed by atoms with van der Waals surface area (Å²) in [6.45, 7) is 8.79. The molecule has 2 aromatic rings. The molecule has 1 fully saturated rings. The van der Waals surface area contributed by atoms with E-state index in [2.05, 4.69) is 22.0 Å². The second-order valence-corrected chi connectivity index (χ2v) is 8.53.